The van der Waals surface area contributed by atoms with Crippen LogP contribution in [0.1, 0.15) is 0 Å². The van der Waals surface area contributed by atoms with Crippen LogP contribution in [-0.4, -0.2) is 20.9 Å². The van der Waals surface area contributed by atoms with Gasteiger partial charge >= 0.3 is 6.03 Å². The lowest BCUT2D eigenvalue weighted by atomic mass is 10.3. The lowest BCUT2D eigenvalue weighted by Gasteiger charge is -2.06. The molecule has 8 nitrogen and oxygen atoms in total. The van der Waals surface area contributed by atoms with Crippen molar-refractivity contribution in [3.63, 3.8) is 0 Å². The number of urea groups is 1. The Morgan fingerprint density at radius 2 is 1.90 bits per heavy atom. The predicted octanol–water partition coefficient (Wildman–Crippen LogP) is 2.68. The number of halogens is 1. The third-order valence-electron chi connectivity index (χ3n) is 2.18. The van der Waals surface area contributed by atoms with Gasteiger partial charge in [-0.15, -0.1) is 0 Å². The first-order valence-corrected chi connectivity index (χ1v) is 5.72. The van der Waals surface area contributed by atoms with Crippen molar-refractivity contribution in [2.45, 2.75) is 0 Å². The van der Waals surface area contributed by atoms with E-state index in [2.05, 4.69) is 20.6 Å². The molecule has 0 spiro atoms. The summed E-state index contributed by atoms with van der Waals surface area (Å²) in [5.41, 5.74) is 0.347. The van der Waals surface area contributed by atoms with Crippen LogP contribution in [0.3, 0.4) is 0 Å². The molecule has 0 fully saturated rings. The number of anilines is 2. The first kappa shape index (κ1) is 13.7. The van der Waals surface area contributed by atoms with Gasteiger partial charge in [0.05, 0.1) is 17.3 Å². The molecule has 1 aromatic heterocycles. The second kappa shape index (κ2) is 5.93. The summed E-state index contributed by atoms with van der Waals surface area (Å²) in [4.78, 5) is 29.2. The van der Waals surface area contributed by atoms with Gasteiger partial charge in [-0.1, -0.05) is 11.6 Å². The lowest BCUT2D eigenvalue weighted by Crippen LogP contribution is -2.20. The van der Waals surface area contributed by atoms with Gasteiger partial charge in [-0.2, -0.15) is 0 Å². The highest BCUT2D eigenvalue weighted by molar-refractivity contribution is 6.29. The minimum absolute atomic E-state index is 0.0586. The minimum Gasteiger partial charge on any atom is -0.308 e. The molecule has 0 bridgehead atoms. The zero-order chi connectivity index (χ0) is 14.5. The Bertz CT molecular complexity index is 647. The van der Waals surface area contributed by atoms with E-state index in [9.17, 15) is 14.9 Å². The molecular weight excluding hydrogens is 286 g/mol. The van der Waals surface area contributed by atoms with Gasteiger partial charge in [0.1, 0.15) is 5.15 Å². The normalized spacial score (nSPS) is 9.85. The molecule has 9 heteroatoms. The number of hydrogen-bond donors (Lipinski definition) is 2. The van der Waals surface area contributed by atoms with Crippen molar-refractivity contribution in [1.29, 1.82) is 0 Å². The highest BCUT2D eigenvalue weighted by atomic mass is 35.5. The Kier molecular flexibility index (Phi) is 4.06. The smallest absolute Gasteiger partial charge is 0.308 e. The average Bonchev–Trinajstić information content (AvgIpc) is 2.39. The van der Waals surface area contributed by atoms with E-state index in [1.54, 1.807) is 0 Å². The summed E-state index contributed by atoms with van der Waals surface area (Å²) in [6, 6.07) is 4.85. The third kappa shape index (κ3) is 3.62. The van der Waals surface area contributed by atoms with Crippen LogP contribution in [0.2, 0.25) is 5.15 Å². The largest absolute Gasteiger partial charge is 0.324 e. The number of nitro groups is 1. The number of nitro benzene ring substituents is 1. The number of hydrogen-bond acceptors (Lipinski definition) is 5. The molecule has 2 rings (SSSR count). The van der Waals surface area contributed by atoms with Crippen LogP contribution in [-0.2, 0) is 0 Å². The summed E-state index contributed by atoms with van der Waals surface area (Å²) in [7, 11) is 0. The number of amides is 2. The van der Waals surface area contributed by atoms with Gasteiger partial charge < -0.3 is 5.32 Å². The standard InChI is InChI=1S/C11H8ClN5O3/c12-9-5-13-6-10(15-9)16-11(18)14-7-1-3-8(4-2-7)17(19)20/h1-6H,(H2,14,15,16,18). The summed E-state index contributed by atoms with van der Waals surface area (Å²) in [5.74, 6) is 0.192. The summed E-state index contributed by atoms with van der Waals surface area (Å²) in [5, 5.41) is 15.6. The van der Waals surface area contributed by atoms with Gasteiger partial charge in [0.2, 0.25) is 0 Å². The SMILES string of the molecule is O=C(Nc1ccc([N+](=O)[O-])cc1)Nc1cncc(Cl)n1. The molecule has 1 aromatic carbocycles. The first-order valence-electron chi connectivity index (χ1n) is 5.34. The van der Waals surface area contributed by atoms with E-state index >= 15 is 0 Å². The number of rotatable bonds is 3. The van der Waals surface area contributed by atoms with E-state index < -0.39 is 11.0 Å². The Labute approximate surface area is 118 Å². The summed E-state index contributed by atoms with van der Waals surface area (Å²) in [6.07, 6.45) is 2.67. The topological polar surface area (TPSA) is 110 Å². The quantitative estimate of drug-likeness (QED) is 0.667. The zero-order valence-electron chi connectivity index (χ0n) is 9.91. The number of carbonyl (C=O) groups is 1. The van der Waals surface area contributed by atoms with Gasteiger partial charge in [-0.05, 0) is 12.1 Å². The van der Waals surface area contributed by atoms with Crippen molar-refractivity contribution in [3.8, 4) is 0 Å². The first-order chi connectivity index (χ1) is 9.54. The van der Waals surface area contributed by atoms with Crippen LogP contribution < -0.4 is 10.6 Å². The molecule has 20 heavy (non-hydrogen) atoms. The maximum absolute atomic E-state index is 11.6. The molecule has 0 atom stereocenters. The molecule has 2 amide bonds. The van der Waals surface area contributed by atoms with Crippen LogP contribution in [0.25, 0.3) is 0 Å². The molecule has 0 saturated carbocycles. The minimum atomic E-state index is -0.560. The monoisotopic (exact) mass is 293 g/mol. The molecule has 102 valence electrons. The molecule has 2 N–H and O–H groups in total. The molecule has 1 heterocycles. The molecule has 2 aromatic rings. The Morgan fingerprint density at radius 3 is 2.50 bits per heavy atom. The van der Waals surface area contributed by atoms with Crippen molar-refractivity contribution >= 4 is 34.8 Å². The van der Waals surface area contributed by atoms with E-state index in [0.717, 1.165) is 0 Å². The molecular formula is C11H8ClN5O3. The average molecular weight is 294 g/mol. The molecule has 0 aliphatic heterocycles. The van der Waals surface area contributed by atoms with Crippen molar-refractivity contribution in [2.24, 2.45) is 0 Å². The summed E-state index contributed by atoms with van der Waals surface area (Å²) >= 11 is 5.63. The van der Waals surface area contributed by atoms with E-state index in [1.807, 2.05) is 0 Å². The maximum Gasteiger partial charge on any atom is 0.324 e. The van der Waals surface area contributed by atoms with Crippen LogP contribution >= 0.6 is 11.6 Å². The Morgan fingerprint density at radius 1 is 1.20 bits per heavy atom. The maximum atomic E-state index is 11.6. The van der Waals surface area contributed by atoms with Crippen molar-refractivity contribution in [1.82, 2.24) is 9.97 Å². The fourth-order valence-electron chi connectivity index (χ4n) is 1.35. The van der Waals surface area contributed by atoms with E-state index in [-0.39, 0.29) is 16.7 Å². The lowest BCUT2D eigenvalue weighted by molar-refractivity contribution is -0.384. The van der Waals surface area contributed by atoms with Crippen LogP contribution in [0, 0.1) is 10.1 Å². The van der Waals surface area contributed by atoms with Gasteiger partial charge in [0, 0.05) is 17.8 Å². The van der Waals surface area contributed by atoms with Gasteiger partial charge in [-0.25, -0.2) is 9.78 Å². The zero-order valence-corrected chi connectivity index (χ0v) is 10.7. The van der Waals surface area contributed by atoms with Gasteiger partial charge in [0.25, 0.3) is 5.69 Å². The second-order valence-corrected chi connectivity index (χ2v) is 4.00. The van der Waals surface area contributed by atoms with Crippen LogP contribution in [0.4, 0.5) is 22.0 Å². The second-order valence-electron chi connectivity index (χ2n) is 3.61. The summed E-state index contributed by atoms with van der Waals surface area (Å²) in [6.45, 7) is 0. The number of nitrogens with zero attached hydrogens (tertiary/aromatic N) is 3. The predicted molar refractivity (Wildman–Crippen MR) is 72.8 cm³/mol. The number of carbonyl (C=O) groups excluding carboxylic acids is 1. The van der Waals surface area contributed by atoms with Crippen LogP contribution in [0.15, 0.2) is 36.7 Å². The van der Waals surface area contributed by atoms with Crippen molar-refractivity contribution < 1.29 is 9.72 Å². The number of non-ortho nitro benzene ring substituents is 1. The number of nitrogens with one attached hydrogen (secondary N) is 2. The molecule has 0 aliphatic carbocycles. The highest BCUT2D eigenvalue weighted by Gasteiger charge is 2.07. The van der Waals surface area contributed by atoms with E-state index in [4.69, 9.17) is 11.6 Å². The van der Waals surface area contributed by atoms with E-state index in [1.165, 1.54) is 36.7 Å². The molecule has 0 aliphatic rings. The highest BCUT2D eigenvalue weighted by Crippen LogP contribution is 2.15. The Balaban J connectivity index is 1.99. The molecule has 0 saturated heterocycles. The summed E-state index contributed by atoms with van der Waals surface area (Å²) < 4.78 is 0. The fraction of sp³-hybridized carbons (Fsp3) is 0. The third-order valence-corrected chi connectivity index (χ3v) is 2.36. The molecule has 0 unspecified atom stereocenters. The van der Waals surface area contributed by atoms with Crippen LogP contribution in [0.5, 0.6) is 0 Å². The number of benzene rings is 1. The van der Waals surface area contributed by atoms with Crippen molar-refractivity contribution in [2.75, 3.05) is 10.6 Å². The van der Waals surface area contributed by atoms with Crippen molar-refractivity contribution in [3.05, 3.63) is 51.9 Å². The van der Waals surface area contributed by atoms with E-state index in [0.29, 0.717) is 5.69 Å². The van der Waals surface area contributed by atoms with Gasteiger partial charge in [-0.3, -0.25) is 20.4 Å². The fourth-order valence-corrected chi connectivity index (χ4v) is 1.49. The Hall–Kier alpha value is -2.74. The van der Waals surface area contributed by atoms with Gasteiger partial charge in [0.15, 0.2) is 5.82 Å². The molecule has 0 radical (unpaired) electrons. The number of aromatic nitrogens is 2.